The van der Waals surface area contributed by atoms with Crippen LogP contribution in [0.4, 0.5) is 17.1 Å². The van der Waals surface area contributed by atoms with Gasteiger partial charge in [0.25, 0.3) is 0 Å². The number of fused-ring (bicyclic) bond motifs is 3. The lowest BCUT2D eigenvalue weighted by molar-refractivity contribution is 1.29. The summed E-state index contributed by atoms with van der Waals surface area (Å²) in [5, 5.41) is 7.54. The average molecular weight is 578 g/mol. The summed E-state index contributed by atoms with van der Waals surface area (Å²) in [5.41, 5.74) is 8.47. The zero-order valence-corrected chi connectivity index (χ0v) is 25.7. The van der Waals surface area contributed by atoms with E-state index >= 15 is 0 Å². The molecule has 45 heavy (non-hydrogen) atoms. The van der Waals surface area contributed by atoms with Crippen molar-refractivity contribution in [3.05, 3.63) is 176 Å². The molecule has 0 spiro atoms. The zero-order chi connectivity index (χ0) is 30.6. The second kappa shape index (κ2) is 12.5. The summed E-state index contributed by atoms with van der Waals surface area (Å²) >= 11 is 0. The third kappa shape index (κ3) is 5.24. The molecule has 1 heteroatoms. The van der Waals surface area contributed by atoms with Crippen LogP contribution in [-0.4, -0.2) is 0 Å². The van der Waals surface area contributed by atoms with Crippen LogP contribution in [0.25, 0.3) is 54.6 Å². The van der Waals surface area contributed by atoms with Gasteiger partial charge in [-0.3, -0.25) is 0 Å². The minimum absolute atomic E-state index is 1.14. The van der Waals surface area contributed by atoms with Gasteiger partial charge in [0.15, 0.2) is 0 Å². The summed E-state index contributed by atoms with van der Waals surface area (Å²) < 4.78 is 0. The first-order valence-corrected chi connectivity index (χ1v) is 15.8. The van der Waals surface area contributed by atoms with Crippen LogP contribution in [0.5, 0.6) is 0 Å². The molecule has 0 bridgehead atoms. The highest BCUT2D eigenvalue weighted by molar-refractivity contribution is 6.21. The van der Waals surface area contributed by atoms with Gasteiger partial charge in [-0.05, 0) is 97.0 Å². The van der Waals surface area contributed by atoms with Crippen molar-refractivity contribution in [2.24, 2.45) is 0 Å². The van der Waals surface area contributed by atoms with Gasteiger partial charge in [-0.25, -0.2) is 0 Å². The Balaban J connectivity index is 0.00000160. The predicted molar refractivity (Wildman–Crippen MR) is 196 cm³/mol. The molecule has 0 fully saturated rings. The maximum Gasteiger partial charge on any atom is 0.0468 e. The van der Waals surface area contributed by atoms with Gasteiger partial charge in [-0.15, -0.1) is 0 Å². The highest BCUT2D eigenvalue weighted by Gasteiger charge is 2.17. The van der Waals surface area contributed by atoms with Gasteiger partial charge in [0.1, 0.15) is 0 Å². The monoisotopic (exact) mass is 577 g/mol. The Morgan fingerprint density at radius 2 is 0.711 bits per heavy atom. The molecule has 0 heterocycles. The number of hydrogen-bond acceptors (Lipinski definition) is 1. The van der Waals surface area contributed by atoms with E-state index in [1.54, 1.807) is 0 Å². The largest absolute Gasteiger partial charge is 0.310 e. The summed E-state index contributed by atoms with van der Waals surface area (Å²) in [6.45, 7) is 4.00. The Kier molecular flexibility index (Phi) is 7.83. The van der Waals surface area contributed by atoms with Gasteiger partial charge in [0.05, 0.1) is 0 Å². The summed E-state index contributed by atoms with van der Waals surface area (Å²) in [5.74, 6) is 0. The second-order valence-electron chi connectivity index (χ2n) is 11.0. The van der Waals surface area contributed by atoms with E-state index in [-0.39, 0.29) is 0 Å². The first-order chi connectivity index (χ1) is 22.3. The van der Waals surface area contributed by atoms with E-state index in [9.17, 15) is 0 Å². The average Bonchev–Trinajstić information content (AvgIpc) is 3.12. The standard InChI is InChI=1S/C42H29N.C2H6/c1-4-14-30(15-5-1)41-37-20-10-12-22-39(37)42(40-23-13-11-21-38(40)41)33-25-24-32-29-36(27-26-31(32)28-33)43(34-16-6-2-7-17-34)35-18-8-3-9-19-35;1-2/h1-29H;1-2H3. The summed E-state index contributed by atoms with van der Waals surface area (Å²) in [7, 11) is 0. The first-order valence-electron chi connectivity index (χ1n) is 15.8. The summed E-state index contributed by atoms with van der Waals surface area (Å²) in [4.78, 5) is 2.32. The molecule has 8 rings (SSSR count). The fourth-order valence-electron chi connectivity index (χ4n) is 6.48. The van der Waals surface area contributed by atoms with Gasteiger partial charge in [0.2, 0.25) is 0 Å². The van der Waals surface area contributed by atoms with Crippen LogP contribution in [0.2, 0.25) is 0 Å². The third-order valence-corrected chi connectivity index (χ3v) is 8.39. The molecule has 0 aromatic heterocycles. The number of anilines is 3. The Morgan fingerprint density at radius 3 is 1.22 bits per heavy atom. The van der Waals surface area contributed by atoms with Crippen LogP contribution in [0.3, 0.4) is 0 Å². The normalized spacial score (nSPS) is 10.9. The maximum absolute atomic E-state index is 2.35. The van der Waals surface area contributed by atoms with Crippen molar-refractivity contribution in [1.82, 2.24) is 0 Å². The Morgan fingerprint density at radius 1 is 0.311 bits per heavy atom. The van der Waals surface area contributed by atoms with Gasteiger partial charge in [0, 0.05) is 17.1 Å². The summed E-state index contributed by atoms with van der Waals surface area (Å²) in [6, 6.07) is 63.3. The smallest absolute Gasteiger partial charge is 0.0468 e. The molecule has 0 aliphatic rings. The van der Waals surface area contributed by atoms with Crippen molar-refractivity contribution in [3.8, 4) is 22.3 Å². The highest BCUT2D eigenvalue weighted by atomic mass is 15.1. The van der Waals surface area contributed by atoms with E-state index in [0.717, 1.165) is 17.1 Å². The number of rotatable bonds is 5. The second-order valence-corrected chi connectivity index (χ2v) is 11.0. The van der Waals surface area contributed by atoms with E-state index in [1.165, 1.54) is 54.6 Å². The van der Waals surface area contributed by atoms with Crippen LogP contribution in [0.15, 0.2) is 176 Å². The van der Waals surface area contributed by atoms with E-state index in [1.807, 2.05) is 13.8 Å². The lowest BCUT2D eigenvalue weighted by Gasteiger charge is -2.25. The van der Waals surface area contributed by atoms with E-state index < -0.39 is 0 Å². The molecule has 0 saturated carbocycles. The molecule has 0 unspecified atom stereocenters. The molecular formula is C44H35N. The van der Waals surface area contributed by atoms with Crippen molar-refractivity contribution in [2.45, 2.75) is 13.8 Å². The lowest BCUT2D eigenvalue weighted by Crippen LogP contribution is -2.09. The topological polar surface area (TPSA) is 3.24 Å². The van der Waals surface area contributed by atoms with Crippen molar-refractivity contribution < 1.29 is 0 Å². The van der Waals surface area contributed by atoms with E-state index in [4.69, 9.17) is 0 Å². The molecule has 0 saturated heterocycles. The lowest BCUT2D eigenvalue weighted by atomic mass is 9.85. The Labute approximate surface area is 265 Å². The third-order valence-electron chi connectivity index (χ3n) is 8.39. The summed E-state index contributed by atoms with van der Waals surface area (Å²) in [6.07, 6.45) is 0. The molecule has 0 aliphatic carbocycles. The fourth-order valence-corrected chi connectivity index (χ4v) is 6.48. The Bertz CT molecular complexity index is 2120. The minimum Gasteiger partial charge on any atom is -0.310 e. The van der Waals surface area contributed by atoms with Crippen molar-refractivity contribution >= 4 is 49.4 Å². The van der Waals surface area contributed by atoms with Crippen LogP contribution >= 0.6 is 0 Å². The predicted octanol–water partition coefficient (Wildman–Crippen LogP) is 13.0. The van der Waals surface area contributed by atoms with Gasteiger partial charge in [-0.2, -0.15) is 0 Å². The van der Waals surface area contributed by atoms with E-state index in [2.05, 4.69) is 181 Å². The highest BCUT2D eigenvalue weighted by Crippen LogP contribution is 2.44. The quantitative estimate of drug-likeness (QED) is 0.184. The molecular weight excluding hydrogens is 542 g/mol. The van der Waals surface area contributed by atoms with Crippen molar-refractivity contribution in [1.29, 1.82) is 0 Å². The zero-order valence-electron chi connectivity index (χ0n) is 25.7. The Hall–Kier alpha value is -5.66. The molecule has 0 amide bonds. The van der Waals surface area contributed by atoms with Gasteiger partial charge >= 0.3 is 0 Å². The van der Waals surface area contributed by atoms with Crippen molar-refractivity contribution in [2.75, 3.05) is 4.90 Å². The van der Waals surface area contributed by atoms with Crippen LogP contribution in [-0.2, 0) is 0 Å². The number of hydrogen-bond donors (Lipinski definition) is 0. The number of nitrogens with zero attached hydrogens (tertiary/aromatic N) is 1. The molecule has 0 N–H and O–H groups in total. The molecule has 0 radical (unpaired) electrons. The molecule has 8 aromatic rings. The van der Waals surface area contributed by atoms with E-state index in [0.29, 0.717) is 0 Å². The first kappa shape index (κ1) is 28.1. The fraction of sp³-hybridized carbons (Fsp3) is 0.0455. The molecule has 0 aliphatic heterocycles. The van der Waals surface area contributed by atoms with Crippen LogP contribution in [0, 0.1) is 0 Å². The van der Waals surface area contributed by atoms with Gasteiger partial charge < -0.3 is 4.90 Å². The molecule has 1 nitrogen and oxygen atoms in total. The maximum atomic E-state index is 2.35. The molecule has 216 valence electrons. The molecule has 8 aromatic carbocycles. The number of para-hydroxylation sites is 2. The minimum atomic E-state index is 1.14. The van der Waals surface area contributed by atoms with Crippen LogP contribution in [0.1, 0.15) is 13.8 Å². The molecule has 0 atom stereocenters. The van der Waals surface area contributed by atoms with Crippen molar-refractivity contribution in [3.63, 3.8) is 0 Å². The van der Waals surface area contributed by atoms with Gasteiger partial charge in [-0.1, -0.05) is 147 Å². The number of benzene rings is 8. The van der Waals surface area contributed by atoms with Crippen LogP contribution < -0.4 is 4.90 Å². The SMILES string of the molecule is CC.c1ccc(-c2c3ccccc3c(-c3ccc4cc(N(c5ccccc5)c5ccccc5)ccc4c3)c3ccccc23)cc1.